The fraction of sp³-hybridized carbons (Fsp3) is 0.423. The Morgan fingerprint density at radius 3 is 2.32 bits per heavy atom. The van der Waals surface area contributed by atoms with E-state index in [0.717, 1.165) is 12.0 Å². The van der Waals surface area contributed by atoms with Crippen LogP contribution in [-0.4, -0.2) is 57.8 Å². The molecule has 0 radical (unpaired) electrons. The predicted molar refractivity (Wildman–Crippen MR) is 148 cm³/mol. The van der Waals surface area contributed by atoms with Crippen molar-refractivity contribution in [2.75, 3.05) is 44.1 Å². The topological polar surface area (TPSA) is 125 Å². The lowest BCUT2D eigenvalue weighted by molar-refractivity contribution is 0.0990. The van der Waals surface area contributed by atoms with Crippen molar-refractivity contribution < 1.29 is 23.4 Å². The number of anilines is 2. The molecule has 2 aromatic heterocycles. The van der Waals surface area contributed by atoms with E-state index in [1.54, 1.807) is 12.1 Å². The molecule has 0 bridgehead atoms. The van der Waals surface area contributed by atoms with E-state index in [9.17, 15) is 4.79 Å². The Labute approximate surface area is 219 Å². The van der Waals surface area contributed by atoms with E-state index in [1.165, 1.54) is 19.4 Å². The lowest BCUT2D eigenvalue weighted by Crippen LogP contribution is -2.37. The number of rotatable bonds is 12. The first-order valence-electron chi connectivity index (χ1n) is 12.3. The molecule has 200 valence electrons. The Balaban J connectivity index is 1.83. The number of ether oxygens (including phenoxy) is 3. The number of furan rings is 1. The van der Waals surface area contributed by atoms with Crippen LogP contribution >= 0.6 is 0 Å². The van der Waals surface area contributed by atoms with Gasteiger partial charge in [-0.05, 0) is 31.0 Å². The molecule has 0 fully saturated rings. The molecule has 0 spiro atoms. The smallest absolute Gasteiger partial charge is 0.291 e. The van der Waals surface area contributed by atoms with Crippen molar-refractivity contribution in [3.63, 3.8) is 0 Å². The number of nitrogens with one attached hydrogen (secondary N) is 1. The van der Waals surface area contributed by atoms with Crippen molar-refractivity contribution in [1.82, 2.24) is 9.97 Å². The molecule has 10 nitrogen and oxygen atoms in total. The fourth-order valence-corrected chi connectivity index (χ4v) is 4.80. The number of amides is 1. The zero-order chi connectivity index (χ0) is 27.2. The molecule has 0 saturated heterocycles. The van der Waals surface area contributed by atoms with E-state index in [4.69, 9.17) is 24.4 Å². The van der Waals surface area contributed by atoms with Gasteiger partial charge in [0.05, 0.1) is 22.3 Å². The first-order chi connectivity index (χ1) is 17.6. The Morgan fingerprint density at radius 1 is 1.08 bits per heavy atom. The SMILES string of the molecule is CCCN(CCN)c1nc(OC)c(NC(=O)c2ccc(Oc3cc([Si](C)(C)C)ccc3C)o2)c(OC)n1. The number of carbonyl (C=O) groups excluding carboxylic acids is 1. The minimum Gasteiger partial charge on any atom is -0.479 e. The number of methoxy groups -OCH3 is 2. The van der Waals surface area contributed by atoms with Gasteiger partial charge in [0, 0.05) is 25.7 Å². The molecule has 0 unspecified atom stereocenters. The average molecular weight is 528 g/mol. The van der Waals surface area contributed by atoms with Crippen LogP contribution in [0.15, 0.2) is 34.7 Å². The van der Waals surface area contributed by atoms with Gasteiger partial charge in [-0.25, -0.2) is 0 Å². The summed E-state index contributed by atoms with van der Waals surface area (Å²) in [6.45, 7) is 12.6. The van der Waals surface area contributed by atoms with Crippen molar-refractivity contribution >= 4 is 30.8 Å². The number of hydrogen-bond acceptors (Lipinski definition) is 9. The molecule has 11 heteroatoms. The molecular formula is C26H37N5O5Si. The van der Waals surface area contributed by atoms with Crippen molar-refractivity contribution in [2.45, 2.75) is 39.9 Å². The van der Waals surface area contributed by atoms with Crippen molar-refractivity contribution in [3.8, 4) is 23.5 Å². The van der Waals surface area contributed by atoms with E-state index in [2.05, 4.69) is 47.9 Å². The molecule has 0 saturated carbocycles. The molecule has 2 heterocycles. The van der Waals surface area contributed by atoms with Gasteiger partial charge >= 0.3 is 0 Å². The highest BCUT2D eigenvalue weighted by Crippen LogP contribution is 2.34. The molecule has 0 aliphatic carbocycles. The minimum atomic E-state index is -1.52. The van der Waals surface area contributed by atoms with Crippen LogP contribution in [0.1, 0.15) is 29.5 Å². The van der Waals surface area contributed by atoms with Gasteiger partial charge < -0.3 is 34.6 Å². The summed E-state index contributed by atoms with van der Waals surface area (Å²) in [6.07, 6.45) is 0.886. The maximum atomic E-state index is 13.0. The number of nitrogens with zero attached hydrogens (tertiary/aromatic N) is 3. The van der Waals surface area contributed by atoms with Gasteiger partial charge in [0.1, 0.15) is 5.75 Å². The Morgan fingerprint density at radius 2 is 1.76 bits per heavy atom. The van der Waals surface area contributed by atoms with Crippen molar-refractivity contribution in [2.24, 2.45) is 5.73 Å². The van der Waals surface area contributed by atoms with Crippen LogP contribution in [-0.2, 0) is 0 Å². The summed E-state index contributed by atoms with van der Waals surface area (Å²) in [5.41, 5.74) is 6.92. The molecule has 0 aliphatic heterocycles. The van der Waals surface area contributed by atoms with E-state index in [1.807, 2.05) is 24.0 Å². The second-order valence-corrected chi connectivity index (χ2v) is 14.7. The molecule has 37 heavy (non-hydrogen) atoms. The predicted octanol–water partition coefficient (Wildman–Crippen LogP) is 4.16. The highest BCUT2D eigenvalue weighted by Gasteiger charge is 2.23. The number of aromatic nitrogens is 2. The maximum Gasteiger partial charge on any atom is 0.291 e. The van der Waals surface area contributed by atoms with Crippen LogP contribution in [0.3, 0.4) is 0 Å². The standard InChI is InChI=1S/C26H37N5O5Si/c1-8-14-31(15-13-27)26-29-24(33-3)22(25(30-26)34-4)28-23(32)19-11-12-21(35-19)36-20-16-18(37(5,6)7)10-9-17(20)2/h9-12,16H,8,13-15,27H2,1-7H3,(H,28,32). The molecular weight excluding hydrogens is 490 g/mol. The highest BCUT2D eigenvalue weighted by molar-refractivity contribution is 6.88. The van der Waals surface area contributed by atoms with Crippen LogP contribution in [0, 0.1) is 6.92 Å². The largest absolute Gasteiger partial charge is 0.479 e. The van der Waals surface area contributed by atoms with E-state index < -0.39 is 14.0 Å². The first kappa shape index (κ1) is 28.0. The molecule has 3 rings (SSSR count). The van der Waals surface area contributed by atoms with E-state index >= 15 is 0 Å². The van der Waals surface area contributed by atoms with Crippen LogP contribution in [0.4, 0.5) is 11.6 Å². The van der Waals surface area contributed by atoms with Gasteiger partial charge in [-0.2, -0.15) is 9.97 Å². The lowest BCUT2D eigenvalue weighted by Gasteiger charge is -2.23. The van der Waals surface area contributed by atoms with E-state index in [0.29, 0.717) is 31.3 Å². The minimum absolute atomic E-state index is 0.0536. The van der Waals surface area contributed by atoms with Crippen LogP contribution in [0.2, 0.25) is 19.6 Å². The second kappa shape index (κ2) is 12.1. The number of benzene rings is 1. The summed E-state index contributed by atoms with van der Waals surface area (Å²) in [5.74, 6) is 1.17. The van der Waals surface area contributed by atoms with Gasteiger partial charge in [0.15, 0.2) is 11.4 Å². The van der Waals surface area contributed by atoms with Crippen molar-refractivity contribution in [3.05, 3.63) is 41.7 Å². The number of hydrogen-bond donors (Lipinski definition) is 2. The summed E-state index contributed by atoms with van der Waals surface area (Å²) >= 11 is 0. The normalized spacial score (nSPS) is 11.2. The molecule has 1 amide bonds. The molecule has 3 N–H and O–H groups in total. The fourth-order valence-electron chi connectivity index (χ4n) is 3.65. The zero-order valence-corrected chi connectivity index (χ0v) is 23.7. The van der Waals surface area contributed by atoms with Crippen molar-refractivity contribution in [1.29, 1.82) is 0 Å². The zero-order valence-electron chi connectivity index (χ0n) is 22.7. The average Bonchev–Trinajstić information content (AvgIpc) is 3.33. The van der Waals surface area contributed by atoms with Gasteiger partial charge in [-0.3, -0.25) is 4.79 Å². The summed E-state index contributed by atoms with van der Waals surface area (Å²) in [6, 6.07) is 9.38. The van der Waals surface area contributed by atoms with Gasteiger partial charge in [-0.1, -0.05) is 43.9 Å². The summed E-state index contributed by atoms with van der Waals surface area (Å²) in [5, 5.41) is 4.01. The van der Waals surface area contributed by atoms with E-state index in [-0.39, 0.29) is 29.2 Å². The molecule has 3 aromatic rings. The van der Waals surface area contributed by atoms with Gasteiger partial charge in [-0.15, -0.1) is 0 Å². The van der Waals surface area contributed by atoms with Crippen LogP contribution < -0.4 is 35.3 Å². The molecule has 1 aromatic carbocycles. The summed E-state index contributed by atoms with van der Waals surface area (Å²) < 4.78 is 22.6. The van der Waals surface area contributed by atoms with Gasteiger partial charge in [0.25, 0.3) is 11.9 Å². The number of aryl methyl sites for hydroxylation is 1. The third kappa shape index (κ3) is 6.80. The Bertz CT molecular complexity index is 1190. The van der Waals surface area contributed by atoms with Crippen LogP contribution in [0.25, 0.3) is 0 Å². The monoisotopic (exact) mass is 527 g/mol. The third-order valence-corrected chi connectivity index (χ3v) is 7.74. The van der Waals surface area contributed by atoms with Crippen LogP contribution in [0.5, 0.6) is 23.5 Å². The third-order valence-electron chi connectivity index (χ3n) is 5.70. The number of nitrogens with two attached hydrogens (primary N) is 1. The summed E-state index contributed by atoms with van der Waals surface area (Å²) in [7, 11) is 1.41. The Kier molecular flexibility index (Phi) is 9.17. The quantitative estimate of drug-likeness (QED) is 0.334. The number of carbonyl (C=O) groups is 1. The first-order valence-corrected chi connectivity index (χ1v) is 15.8. The summed E-state index contributed by atoms with van der Waals surface area (Å²) in [4.78, 5) is 23.9. The van der Waals surface area contributed by atoms with Gasteiger partial charge in [0.2, 0.25) is 17.7 Å². The maximum absolute atomic E-state index is 13.0. The molecule has 0 aliphatic rings. The lowest BCUT2D eigenvalue weighted by atomic mass is 10.2. The highest BCUT2D eigenvalue weighted by atomic mass is 28.3. The Hall–Kier alpha value is -3.57. The second-order valence-electron chi connectivity index (χ2n) is 9.60. The molecule has 0 atom stereocenters.